The highest BCUT2D eigenvalue weighted by atomic mass is 79.9. The predicted octanol–water partition coefficient (Wildman–Crippen LogP) is 6.34. The lowest BCUT2D eigenvalue weighted by atomic mass is 9.95. The molecule has 0 saturated heterocycles. The van der Waals surface area contributed by atoms with Crippen LogP contribution in [-0.2, 0) is 28.4 Å². The van der Waals surface area contributed by atoms with Gasteiger partial charge in [-0.25, -0.2) is 28.1 Å². The number of thiophene rings is 1. The molecule has 0 amide bonds. The molecule has 8 nitrogen and oxygen atoms in total. The van der Waals surface area contributed by atoms with Crippen LogP contribution in [0.1, 0.15) is 55.7 Å². The number of rotatable bonds is 9. The van der Waals surface area contributed by atoms with E-state index >= 15 is 0 Å². The molecule has 1 aromatic carbocycles. The minimum absolute atomic E-state index is 0.0168. The van der Waals surface area contributed by atoms with Gasteiger partial charge < -0.3 is 4.57 Å². The van der Waals surface area contributed by atoms with Gasteiger partial charge in [-0.3, -0.25) is 4.79 Å². The molecule has 3 heterocycles. The number of carbonyl (C=O) groups excluding carboxylic acids is 1. The number of Topliss-reactive ketones (excluding diaryl/α,β-unsaturated/α-hetero) is 1. The molecule has 0 saturated carbocycles. The minimum atomic E-state index is -3.99. The van der Waals surface area contributed by atoms with E-state index < -0.39 is 10.0 Å². The van der Waals surface area contributed by atoms with Gasteiger partial charge in [-0.1, -0.05) is 52.8 Å². The van der Waals surface area contributed by atoms with Gasteiger partial charge in [0.2, 0.25) is 5.95 Å². The number of ketones is 1. The van der Waals surface area contributed by atoms with Gasteiger partial charge in [0.05, 0.1) is 11.0 Å². The number of hydrogen-bond acceptors (Lipinski definition) is 7. The fourth-order valence-corrected chi connectivity index (χ4v) is 7.16. The summed E-state index contributed by atoms with van der Waals surface area (Å²) in [5, 5.41) is 0. The number of nitrogens with zero attached hydrogens (tertiary/aromatic N) is 4. The van der Waals surface area contributed by atoms with Crippen LogP contribution in [-0.4, -0.2) is 33.7 Å². The van der Waals surface area contributed by atoms with Crippen molar-refractivity contribution in [3.05, 3.63) is 75.9 Å². The SMILES string of the molecule is CC(C)Cc1cc(-c2cccc(C(=O)Cn3ccnc3C(C)(C)C)c2)c(S(=O)(=O)Nc2ncc(Br)cn2)s1. The Bertz CT molecular complexity index is 1550. The highest BCUT2D eigenvalue weighted by molar-refractivity contribution is 9.10. The standard InChI is InChI=1S/C27H30BrN5O3S2/c1-17(2)11-21-13-22(24(37-21)38(35,36)32-26-30-14-20(28)15-31-26)18-7-6-8-19(12-18)23(34)16-33-10-9-29-25(33)27(3,4)5/h6-10,12-15,17H,11,16H2,1-5H3,(H,30,31,32). The average molecular weight is 617 g/mol. The van der Waals surface area contributed by atoms with Crippen molar-refractivity contribution in [1.82, 2.24) is 19.5 Å². The van der Waals surface area contributed by atoms with Crippen LogP contribution in [0.5, 0.6) is 0 Å². The zero-order valence-electron chi connectivity index (χ0n) is 21.9. The second-order valence-electron chi connectivity index (χ2n) is 10.5. The van der Waals surface area contributed by atoms with Crippen LogP contribution in [0.15, 0.2) is 63.8 Å². The summed E-state index contributed by atoms with van der Waals surface area (Å²) in [6.07, 6.45) is 7.19. The van der Waals surface area contributed by atoms with Gasteiger partial charge in [0, 0.05) is 46.2 Å². The van der Waals surface area contributed by atoms with Crippen molar-refractivity contribution in [2.24, 2.45) is 5.92 Å². The summed E-state index contributed by atoms with van der Waals surface area (Å²) >= 11 is 4.48. The van der Waals surface area contributed by atoms with Crippen molar-refractivity contribution in [2.45, 2.75) is 57.2 Å². The Morgan fingerprint density at radius 3 is 2.50 bits per heavy atom. The maximum atomic E-state index is 13.5. The molecule has 0 bridgehead atoms. The maximum Gasteiger partial charge on any atom is 0.274 e. The second kappa shape index (κ2) is 11.1. The Hall–Kier alpha value is -2.89. The molecule has 1 N–H and O–H groups in total. The number of imidazole rings is 1. The van der Waals surface area contributed by atoms with Crippen molar-refractivity contribution in [3.8, 4) is 11.1 Å². The number of anilines is 1. The molecule has 3 aromatic heterocycles. The zero-order chi connectivity index (χ0) is 27.7. The third kappa shape index (κ3) is 6.57. The van der Waals surface area contributed by atoms with Crippen molar-refractivity contribution in [1.29, 1.82) is 0 Å². The van der Waals surface area contributed by atoms with Gasteiger partial charge in [-0.05, 0) is 46.0 Å². The molecule has 0 aliphatic rings. The van der Waals surface area contributed by atoms with Crippen LogP contribution in [0.2, 0.25) is 0 Å². The Balaban J connectivity index is 1.70. The van der Waals surface area contributed by atoms with E-state index in [1.165, 1.54) is 23.7 Å². The summed E-state index contributed by atoms with van der Waals surface area (Å²) < 4.78 is 32.1. The Morgan fingerprint density at radius 1 is 1.13 bits per heavy atom. The topological polar surface area (TPSA) is 107 Å². The third-order valence-electron chi connectivity index (χ3n) is 5.64. The largest absolute Gasteiger partial charge is 0.327 e. The molecule has 0 atom stereocenters. The molecule has 11 heteroatoms. The van der Waals surface area contributed by atoms with Gasteiger partial charge in [0.25, 0.3) is 10.0 Å². The number of nitrogens with one attached hydrogen (secondary N) is 1. The Kier molecular flexibility index (Phi) is 8.20. The molecule has 0 unspecified atom stereocenters. The summed E-state index contributed by atoms with van der Waals surface area (Å²) in [6, 6.07) is 9.02. The fraction of sp³-hybridized carbons (Fsp3) is 0.333. The number of aromatic nitrogens is 4. The van der Waals surface area contributed by atoms with Crippen molar-refractivity contribution in [2.75, 3.05) is 4.72 Å². The highest BCUT2D eigenvalue weighted by Gasteiger charge is 2.26. The summed E-state index contributed by atoms with van der Waals surface area (Å²) in [7, 11) is -3.99. The van der Waals surface area contributed by atoms with Crippen molar-refractivity contribution < 1.29 is 13.2 Å². The zero-order valence-corrected chi connectivity index (χ0v) is 25.1. The lowest BCUT2D eigenvalue weighted by Gasteiger charge is -2.19. The summed E-state index contributed by atoms with van der Waals surface area (Å²) in [5.74, 6) is 1.07. The highest BCUT2D eigenvalue weighted by Crippen LogP contribution is 2.37. The summed E-state index contributed by atoms with van der Waals surface area (Å²) in [5.41, 5.74) is 1.49. The van der Waals surface area contributed by atoms with E-state index in [-0.39, 0.29) is 27.9 Å². The van der Waals surface area contributed by atoms with Crippen LogP contribution < -0.4 is 4.72 Å². The fourth-order valence-electron chi connectivity index (χ4n) is 4.05. The summed E-state index contributed by atoms with van der Waals surface area (Å²) in [4.78, 5) is 26.7. The number of hydrogen-bond donors (Lipinski definition) is 1. The summed E-state index contributed by atoms with van der Waals surface area (Å²) in [6.45, 7) is 10.5. The Labute approximate surface area is 235 Å². The van der Waals surface area contributed by atoms with Gasteiger partial charge in [0.15, 0.2) is 5.78 Å². The monoisotopic (exact) mass is 615 g/mol. The molecule has 0 spiro atoms. The molecule has 38 heavy (non-hydrogen) atoms. The van der Waals surface area contributed by atoms with Gasteiger partial charge >= 0.3 is 0 Å². The van der Waals surface area contributed by atoms with E-state index in [9.17, 15) is 13.2 Å². The molecular formula is C27H30BrN5O3S2. The lowest BCUT2D eigenvalue weighted by Crippen LogP contribution is -2.21. The predicted molar refractivity (Wildman–Crippen MR) is 154 cm³/mol. The van der Waals surface area contributed by atoms with Crippen LogP contribution in [0, 0.1) is 5.92 Å². The van der Waals surface area contributed by atoms with Crippen LogP contribution in [0.4, 0.5) is 5.95 Å². The average Bonchev–Trinajstić information content (AvgIpc) is 3.48. The Morgan fingerprint density at radius 2 is 1.84 bits per heavy atom. The maximum absolute atomic E-state index is 13.5. The first-order chi connectivity index (χ1) is 17.8. The first-order valence-corrected chi connectivity index (χ1v) is 15.2. The number of sulfonamides is 1. The first kappa shape index (κ1) is 28.1. The van der Waals surface area contributed by atoms with E-state index in [4.69, 9.17) is 0 Å². The normalized spacial score (nSPS) is 12.2. The van der Waals surface area contributed by atoms with E-state index in [1.54, 1.807) is 30.6 Å². The van der Waals surface area contributed by atoms with Gasteiger partial charge in [-0.2, -0.15) is 0 Å². The molecule has 0 aliphatic carbocycles. The molecule has 200 valence electrons. The molecule has 4 aromatic rings. The van der Waals surface area contributed by atoms with E-state index in [1.807, 2.05) is 16.7 Å². The van der Waals surface area contributed by atoms with Crippen molar-refractivity contribution in [3.63, 3.8) is 0 Å². The minimum Gasteiger partial charge on any atom is -0.327 e. The molecule has 0 fully saturated rings. The molecular weight excluding hydrogens is 586 g/mol. The third-order valence-corrected chi connectivity index (χ3v) is 9.07. The van der Waals surface area contributed by atoms with Gasteiger partial charge in [0.1, 0.15) is 10.0 Å². The van der Waals surface area contributed by atoms with Gasteiger partial charge in [-0.15, -0.1) is 11.3 Å². The van der Waals surface area contributed by atoms with E-state index in [0.29, 0.717) is 27.1 Å². The molecule has 4 rings (SSSR count). The number of carbonyl (C=O) groups is 1. The van der Waals surface area contributed by atoms with Crippen LogP contribution in [0.3, 0.4) is 0 Å². The smallest absolute Gasteiger partial charge is 0.274 e. The molecule has 0 radical (unpaired) electrons. The first-order valence-electron chi connectivity index (χ1n) is 12.1. The van der Waals surface area contributed by atoms with Crippen LogP contribution in [0.25, 0.3) is 11.1 Å². The number of benzene rings is 1. The van der Waals surface area contributed by atoms with Crippen molar-refractivity contribution >= 4 is 49.0 Å². The van der Waals surface area contributed by atoms with E-state index in [2.05, 4.69) is 70.2 Å². The lowest BCUT2D eigenvalue weighted by molar-refractivity contribution is 0.0970. The molecule has 0 aliphatic heterocycles. The quantitative estimate of drug-likeness (QED) is 0.220. The van der Waals surface area contributed by atoms with Crippen LogP contribution >= 0.6 is 27.3 Å². The van der Waals surface area contributed by atoms with E-state index in [0.717, 1.165) is 17.1 Å². The number of halogens is 1. The second-order valence-corrected chi connectivity index (χ2v) is 14.4.